The van der Waals surface area contributed by atoms with Crippen LogP contribution in [0, 0.1) is 12.7 Å². The molecule has 0 aliphatic carbocycles. The van der Waals surface area contributed by atoms with E-state index >= 15 is 0 Å². The van der Waals surface area contributed by atoms with Crippen LogP contribution >= 0.6 is 0 Å². The van der Waals surface area contributed by atoms with Crippen molar-refractivity contribution in [3.63, 3.8) is 0 Å². The first kappa shape index (κ1) is 28.2. The second-order valence-corrected chi connectivity index (χ2v) is 9.51. The second-order valence-electron chi connectivity index (χ2n) is 9.51. The summed E-state index contributed by atoms with van der Waals surface area (Å²) in [6, 6.07) is 11.0. The van der Waals surface area contributed by atoms with Crippen LogP contribution in [0.2, 0.25) is 0 Å². The molecule has 0 spiro atoms. The van der Waals surface area contributed by atoms with Gasteiger partial charge in [0.25, 0.3) is 0 Å². The predicted octanol–water partition coefficient (Wildman–Crippen LogP) is 4.10. The van der Waals surface area contributed by atoms with Crippen LogP contribution in [-0.2, 0) is 4.79 Å². The zero-order valence-electron chi connectivity index (χ0n) is 23.2. The summed E-state index contributed by atoms with van der Waals surface area (Å²) in [6.07, 6.45) is 2.62. The fraction of sp³-hybridized carbons (Fsp3) is 0.241. The van der Waals surface area contributed by atoms with Gasteiger partial charge in [-0.15, -0.1) is 0 Å². The minimum absolute atomic E-state index is 0.177. The van der Waals surface area contributed by atoms with Crippen LogP contribution in [0.25, 0.3) is 16.7 Å². The number of halogens is 1. The Kier molecular flexibility index (Phi) is 8.44. The number of aromatic nitrogens is 3. The number of pyridine rings is 1. The molecule has 0 saturated carbocycles. The van der Waals surface area contributed by atoms with Gasteiger partial charge in [0.1, 0.15) is 11.6 Å². The number of aryl methyl sites for hydroxylation is 1. The zero-order chi connectivity index (χ0) is 29.0. The number of benzene rings is 2. The number of hydrogen-bond donors (Lipinski definition) is 2. The highest BCUT2D eigenvalue weighted by atomic mass is 19.1. The topological polar surface area (TPSA) is 105 Å². The molecule has 0 saturated heterocycles. The molecule has 0 aliphatic heterocycles. The summed E-state index contributed by atoms with van der Waals surface area (Å²) in [4.78, 5) is 38.0. The van der Waals surface area contributed by atoms with Crippen molar-refractivity contribution in [1.82, 2.24) is 19.4 Å². The first-order chi connectivity index (χ1) is 19.1. The smallest absolute Gasteiger partial charge is 0.247 e. The molecule has 1 amide bonds. The molecular formula is C29H32FN7O3. The van der Waals surface area contributed by atoms with Crippen LogP contribution < -0.4 is 25.7 Å². The molecule has 4 aromatic rings. The van der Waals surface area contributed by atoms with Gasteiger partial charge in [0.15, 0.2) is 11.1 Å². The normalized spacial score (nSPS) is 11.0. The maximum Gasteiger partial charge on any atom is 0.247 e. The van der Waals surface area contributed by atoms with Gasteiger partial charge in [-0.3, -0.25) is 14.2 Å². The van der Waals surface area contributed by atoms with Crippen molar-refractivity contribution < 1.29 is 13.9 Å². The summed E-state index contributed by atoms with van der Waals surface area (Å²) >= 11 is 0. The Bertz CT molecular complexity index is 1630. The molecule has 0 fully saturated rings. The van der Waals surface area contributed by atoms with Gasteiger partial charge in [0, 0.05) is 44.2 Å². The van der Waals surface area contributed by atoms with E-state index in [4.69, 9.17) is 4.74 Å². The van der Waals surface area contributed by atoms with E-state index in [1.54, 1.807) is 36.8 Å². The van der Waals surface area contributed by atoms with Crippen molar-refractivity contribution in [2.45, 2.75) is 6.92 Å². The lowest BCUT2D eigenvalue weighted by Crippen LogP contribution is -2.29. The Balaban J connectivity index is 1.82. The molecule has 208 valence electrons. The van der Waals surface area contributed by atoms with Gasteiger partial charge in [-0.2, -0.15) is 4.98 Å². The maximum absolute atomic E-state index is 14.1. The number of nitrogens with zero attached hydrogens (tertiary/aromatic N) is 5. The summed E-state index contributed by atoms with van der Waals surface area (Å²) in [5.74, 6) is -0.116. The average Bonchev–Trinajstić information content (AvgIpc) is 2.91. The van der Waals surface area contributed by atoms with Crippen molar-refractivity contribution >= 4 is 40.0 Å². The number of nitrogens with one attached hydrogen (secondary N) is 2. The van der Waals surface area contributed by atoms with E-state index in [0.29, 0.717) is 40.7 Å². The molecule has 2 N–H and O–H groups in total. The van der Waals surface area contributed by atoms with E-state index in [9.17, 15) is 14.0 Å². The minimum Gasteiger partial charge on any atom is -0.494 e. The largest absolute Gasteiger partial charge is 0.494 e. The number of methoxy groups -OCH3 is 1. The maximum atomic E-state index is 14.1. The van der Waals surface area contributed by atoms with Crippen LogP contribution in [0.4, 0.5) is 27.4 Å². The third-order valence-corrected chi connectivity index (χ3v) is 6.31. The van der Waals surface area contributed by atoms with Gasteiger partial charge in [0.2, 0.25) is 11.9 Å². The van der Waals surface area contributed by atoms with Gasteiger partial charge in [-0.1, -0.05) is 12.6 Å². The van der Waals surface area contributed by atoms with E-state index in [1.807, 2.05) is 32.1 Å². The van der Waals surface area contributed by atoms with Crippen molar-refractivity contribution in [2.75, 3.05) is 56.9 Å². The Morgan fingerprint density at radius 2 is 1.93 bits per heavy atom. The first-order valence-corrected chi connectivity index (χ1v) is 12.5. The molecule has 0 atom stereocenters. The minimum atomic E-state index is -0.411. The molecule has 40 heavy (non-hydrogen) atoms. The van der Waals surface area contributed by atoms with Crippen LogP contribution in [0.15, 0.2) is 66.1 Å². The third kappa shape index (κ3) is 6.10. The van der Waals surface area contributed by atoms with Crippen molar-refractivity contribution in [2.24, 2.45) is 0 Å². The number of carbonyl (C=O) groups is 1. The zero-order valence-corrected chi connectivity index (χ0v) is 23.2. The number of anilines is 4. The van der Waals surface area contributed by atoms with Gasteiger partial charge in [-0.05, 0) is 51.4 Å². The van der Waals surface area contributed by atoms with Gasteiger partial charge in [0.05, 0.1) is 35.2 Å². The van der Waals surface area contributed by atoms with Crippen molar-refractivity contribution in [1.29, 1.82) is 0 Å². The van der Waals surface area contributed by atoms with Crippen LogP contribution in [0.1, 0.15) is 5.69 Å². The number of ether oxygens (including phenoxy) is 1. The van der Waals surface area contributed by atoms with Crippen molar-refractivity contribution in [3.05, 3.63) is 83.1 Å². The lowest BCUT2D eigenvalue weighted by Gasteiger charge is -2.26. The Hall–Kier alpha value is -4.77. The van der Waals surface area contributed by atoms with E-state index < -0.39 is 5.82 Å². The summed E-state index contributed by atoms with van der Waals surface area (Å²) in [5, 5.41) is 6.29. The molecule has 2 aromatic carbocycles. The fourth-order valence-electron chi connectivity index (χ4n) is 4.24. The van der Waals surface area contributed by atoms with E-state index in [1.165, 1.54) is 30.5 Å². The van der Waals surface area contributed by atoms with Gasteiger partial charge in [-0.25, -0.2) is 9.37 Å². The second kappa shape index (κ2) is 12.0. The number of carbonyl (C=O) groups excluding carboxylic acids is 1. The first-order valence-electron chi connectivity index (χ1n) is 12.5. The number of hydrogen-bond acceptors (Lipinski definition) is 8. The summed E-state index contributed by atoms with van der Waals surface area (Å²) in [7, 11) is 7.44. The van der Waals surface area contributed by atoms with Gasteiger partial charge < -0.3 is 25.2 Å². The molecule has 0 aliphatic rings. The lowest BCUT2D eigenvalue weighted by molar-refractivity contribution is -0.111. The average molecular weight is 546 g/mol. The van der Waals surface area contributed by atoms with E-state index in [2.05, 4.69) is 32.1 Å². The SMILES string of the molecule is C=CC(=O)Nc1cc(Nc2ncc3c(=O)cc(C)n(-c4cccc(F)c4)c3n2)c(OC)cc1N(C)CCN(C)C. The predicted molar refractivity (Wildman–Crippen MR) is 157 cm³/mol. The molecule has 0 bridgehead atoms. The Labute approximate surface area is 231 Å². The molecule has 4 rings (SSSR count). The molecule has 11 heteroatoms. The standard InChI is InChI=1S/C29H32FN7O3/c1-7-27(39)32-22-15-23(26(40-6)16-24(22)36(5)12-11-35(3)4)33-29-31-17-21-25(38)13-18(2)37(28(21)34-29)20-10-8-9-19(30)14-20/h7-10,13-17H,1,11-12H2,2-6H3,(H,32,39)(H,31,33,34). The van der Waals surface area contributed by atoms with Crippen LogP contribution in [-0.4, -0.2) is 66.7 Å². The van der Waals surface area contributed by atoms with Crippen LogP contribution in [0.5, 0.6) is 5.75 Å². The lowest BCUT2D eigenvalue weighted by atomic mass is 10.2. The highest BCUT2D eigenvalue weighted by molar-refractivity contribution is 6.02. The molecule has 10 nitrogen and oxygen atoms in total. The molecule has 0 radical (unpaired) electrons. The monoisotopic (exact) mass is 545 g/mol. The summed E-state index contributed by atoms with van der Waals surface area (Å²) in [5.41, 5.74) is 2.93. The Morgan fingerprint density at radius 1 is 1.15 bits per heavy atom. The quantitative estimate of drug-likeness (QED) is 0.287. The number of rotatable bonds is 10. The van der Waals surface area contributed by atoms with E-state index in [-0.39, 0.29) is 22.7 Å². The van der Waals surface area contributed by atoms with Crippen LogP contribution in [0.3, 0.4) is 0 Å². The third-order valence-electron chi connectivity index (χ3n) is 6.31. The van der Waals surface area contributed by atoms with Gasteiger partial charge >= 0.3 is 0 Å². The fourth-order valence-corrected chi connectivity index (χ4v) is 4.24. The highest BCUT2D eigenvalue weighted by Gasteiger charge is 2.18. The molecule has 0 unspecified atom stereocenters. The summed E-state index contributed by atoms with van der Waals surface area (Å²) in [6.45, 7) is 6.80. The summed E-state index contributed by atoms with van der Waals surface area (Å²) < 4.78 is 21.4. The molecule has 2 heterocycles. The number of fused-ring (bicyclic) bond motifs is 1. The Morgan fingerprint density at radius 3 is 2.60 bits per heavy atom. The highest BCUT2D eigenvalue weighted by Crippen LogP contribution is 2.38. The van der Waals surface area contributed by atoms with E-state index in [0.717, 1.165) is 12.2 Å². The molecular weight excluding hydrogens is 513 g/mol. The molecule has 2 aromatic heterocycles. The van der Waals surface area contributed by atoms with Crippen molar-refractivity contribution in [3.8, 4) is 11.4 Å². The number of amides is 1. The number of likely N-dealkylation sites (N-methyl/N-ethyl adjacent to an activating group) is 2.